The Morgan fingerprint density at radius 2 is 1.93 bits per heavy atom. The molecule has 0 saturated carbocycles. The van der Waals surface area contributed by atoms with E-state index >= 15 is 0 Å². The minimum atomic E-state index is -0.592. The van der Waals surface area contributed by atoms with Crippen LogP contribution in [0.5, 0.6) is 0 Å². The molecule has 2 amide bonds. The average Bonchev–Trinajstić information content (AvgIpc) is 3.15. The van der Waals surface area contributed by atoms with Crippen molar-refractivity contribution in [2.45, 2.75) is 6.92 Å². The summed E-state index contributed by atoms with van der Waals surface area (Å²) in [6.45, 7) is 1.32. The molecule has 2 aromatic carbocycles. The molecular weight excluding hydrogens is 413 g/mol. The van der Waals surface area contributed by atoms with Gasteiger partial charge in [0, 0.05) is 48.4 Å². The van der Waals surface area contributed by atoms with E-state index in [1.54, 1.807) is 18.5 Å². The predicted molar refractivity (Wildman–Crippen MR) is 112 cm³/mol. The summed E-state index contributed by atoms with van der Waals surface area (Å²) in [7, 11) is 1.59. The van der Waals surface area contributed by atoms with Crippen LogP contribution in [0.1, 0.15) is 17.3 Å². The molecule has 1 aromatic heterocycles. The highest BCUT2D eigenvalue weighted by Gasteiger charge is 2.18. The molecule has 0 fully saturated rings. The molecular formula is C19H16FN5O4S. The molecule has 0 bridgehead atoms. The number of nitro benzene ring substituents is 1. The third kappa shape index (κ3) is 4.58. The summed E-state index contributed by atoms with van der Waals surface area (Å²) < 4.78 is 14.4. The topological polar surface area (TPSA) is 126 Å². The van der Waals surface area contributed by atoms with Crippen LogP contribution in [0, 0.1) is 15.9 Å². The summed E-state index contributed by atoms with van der Waals surface area (Å²) in [4.78, 5) is 38.3. The number of hydrogen-bond donors (Lipinski definition) is 3. The molecule has 0 atom stereocenters. The van der Waals surface area contributed by atoms with Gasteiger partial charge in [-0.2, -0.15) is 0 Å². The largest absolute Gasteiger partial charge is 0.387 e. The summed E-state index contributed by atoms with van der Waals surface area (Å²) >= 11 is 1.08. The Morgan fingerprint density at radius 1 is 1.17 bits per heavy atom. The number of nitro groups is 1. The lowest BCUT2D eigenvalue weighted by molar-refractivity contribution is -0.384. The van der Waals surface area contributed by atoms with Gasteiger partial charge in [0.05, 0.1) is 16.2 Å². The SMILES string of the molecule is CNc1ccc([N+](=O)[O-])cc1C(=O)Nc1nc(-c2ccc(NC(C)=O)cc2F)cs1. The monoisotopic (exact) mass is 429 g/mol. The van der Waals surface area contributed by atoms with Crippen molar-refractivity contribution in [1.29, 1.82) is 0 Å². The number of hydrogen-bond acceptors (Lipinski definition) is 7. The second-order valence-electron chi connectivity index (χ2n) is 6.10. The van der Waals surface area contributed by atoms with Gasteiger partial charge in [0.1, 0.15) is 5.82 Å². The van der Waals surface area contributed by atoms with Gasteiger partial charge in [0.25, 0.3) is 11.6 Å². The van der Waals surface area contributed by atoms with Gasteiger partial charge < -0.3 is 10.6 Å². The molecule has 3 aromatic rings. The van der Waals surface area contributed by atoms with E-state index in [4.69, 9.17) is 0 Å². The van der Waals surface area contributed by atoms with E-state index in [9.17, 15) is 24.1 Å². The summed E-state index contributed by atoms with van der Waals surface area (Å²) in [5.41, 5.74) is 1.09. The zero-order valence-corrected chi connectivity index (χ0v) is 16.7. The molecule has 0 aliphatic heterocycles. The van der Waals surface area contributed by atoms with E-state index in [0.29, 0.717) is 17.1 Å². The number of carbonyl (C=O) groups is 2. The molecule has 0 aliphatic rings. The molecule has 9 nitrogen and oxygen atoms in total. The van der Waals surface area contributed by atoms with Crippen molar-refractivity contribution in [1.82, 2.24) is 4.98 Å². The van der Waals surface area contributed by atoms with E-state index in [0.717, 1.165) is 17.4 Å². The minimum Gasteiger partial charge on any atom is -0.387 e. The highest BCUT2D eigenvalue weighted by molar-refractivity contribution is 7.14. The van der Waals surface area contributed by atoms with Crippen molar-refractivity contribution in [2.75, 3.05) is 23.0 Å². The van der Waals surface area contributed by atoms with Crippen molar-refractivity contribution in [3.05, 3.63) is 63.3 Å². The predicted octanol–water partition coefficient (Wildman–Crippen LogP) is 4.11. The van der Waals surface area contributed by atoms with Crippen LogP contribution in [0.25, 0.3) is 11.3 Å². The Hall–Kier alpha value is -3.86. The molecule has 0 spiro atoms. The standard InChI is InChI=1S/C19H16FN5O4S/c1-10(26)22-11-3-5-13(15(20)7-11)17-9-30-19(23-17)24-18(27)14-8-12(25(28)29)4-6-16(14)21-2/h3-9,21H,1-2H3,(H,22,26)(H,23,24,27). The zero-order chi connectivity index (χ0) is 21.8. The van der Waals surface area contributed by atoms with E-state index in [2.05, 4.69) is 20.9 Å². The molecule has 30 heavy (non-hydrogen) atoms. The van der Waals surface area contributed by atoms with E-state index in [1.807, 2.05) is 0 Å². The van der Waals surface area contributed by atoms with Crippen molar-refractivity contribution < 1.29 is 18.9 Å². The van der Waals surface area contributed by atoms with Crippen LogP contribution >= 0.6 is 11.3 Å². The van der Waals surface area contributed by atoms with Gasteiger partial charge in [0.2, 0.25) is 5.91 Å². The Bertz CT molecular complexity index is 1150. The van der Waals surface area contributed by atoms with Crippen LogP contribution in [-0.2, 0) is 4.79 Å². The number of non-ortho nitro benzene ring substituents is 1. The fourth-order valence-corrected chi connectivity index (χ4v) is 3.38. The maximum absolute atomic E-state index is 14.4. The van der Waals surface area contributed by atoms with Gasteiger partial charge in [-0.05, 0) is 24.3 Å². The van der Waals surface area contributed by atoms with Crippen LogP contribution in [-0.4, -0.2) is 28.8 Å². The fourth-order valence-electron chi connectivity index (χ4n) is 2.67. The van der Waals surface area contributed by atoms with Crippen LogP contribution in [0.2, 0.25) is 0 Å². The molecule has 0 saturated heterocycles. The third-order valence-corrected chi connectivity index (χ3v) is 4.78. The molecule has 0 radical (unpaired) electrons. The lowest BCUT2D eigenvalue weighted by Crippen LogP contribution is -2.14. The summed E-state index contributed by atoms with van der Waals surface area (Å²) in [5, 5.41) is 20.6. The number of thiazole rings is 1. The Morgan fingerprint density at radius 3 is 2.57 bits per heavy atom. The molecule has 154 valence electrons. The smallest absolute Gasteiger partial charge is 0.270 e. The number of rotatable bonds is 6. The van der Waals surface area contributed by atoms with Gasteiger partial charge in [-0.3, -0.25) is 25.0 Å². The molecule has 0 aliphatic carbocycles. The molecule has 0 unspecified atom stereocenters. The van der Waals surface area contributed by atoms with Gasteiger partial charge in [0.15, 0.2) is 5.13 Å². The fraction of sp³-hybridized carbons (Fsp3) is 0.105. The Kier molecular flexibility index (Phi) is 6.02. The quantitative estimate of drug-likeness (QED) is 0.400. The normalized spacial score (nSPS) is 10.4. The number of carbonyl (C=O) groups excluding carboxylic acids is 2. The summed E-state index contributed by atoms with van der Waals surface area (Å²) in [6, 6.07) is 8.08. The minimum absolute atomic E-state index is 0.0780. The van der Waals surface area contributed by atoms with Crippen molar-refractivity contribution in [3.63, 3.8) is 0 Å². The molecule has 11 heteroatoms. The molecule has 1 heterocycles. The maximum Gasteiger partial charge on any atom is 0.270 e. The summed E-state index contributed by atoms with van der Waals surface area (Å²) in [6.07, 6.45) is 0. The number of anilines is 3. The van der Waals surface area contributed by atoms with Crippen LogP contribution in [0.3, 0.4) is 0 Å². The first-order chi connectivity index (χ1) is 14.3. The van der Waals surface area contributed by atoms with Gasteiger partial charge in [-0.25, -0.2) is 9.37 Å². The highest BCUT2D eigenvalue weighted by Crippen LogP contribution is 2.30. The Labute approximate surface area is 174 Å². The second kappa shape index (κ2) is 8.66. The Balaban J connectivity index is 1.82. The van der Waals surface area contributed by atoms with Crippen LogP contribution in [0.4, 0.5) is 26.6 Å². The first kappa shape index (κ1) is 20.9. The number of halogens is 1. The molecule has 3 rings (SSSR count). The lowest BCUT2D eigenvalue weighted by atomic mass is 10.1. The van der Waals surface area contributed by atoms with Crippen molar-refractivity contribution >= 4 is 45.3 Å². The van der Waals surface area contributed by atoms with Gasteiger partial charge in [-0.15, -0.1) is 11.3 Å². The maximum atomic E-state index is 14.4. The van der Waals surface area contributed by atoms with Crippen LogP contribution in [0.15, 0.2) is 41.8 Å². The number of nitrogens with one attached hydrogen (secondary N) is 3. The van der Waals surface area contributed by atoms with Gasteiger partial charge in [-0.1, -0.05) is 0 Å². The van der Waals surface area contributed by atoms with E-state index in [-0.39, 0.29) is 27.9 Å². The number of amides is 2. The average molecular weight is 429 g/mol. The number of aromatic nitrogens is 1. The lowest BCUT2D eigenvalue weighted by Gasteiger charge is -2.08. The third-order valence-electron chi connectivity index (χ3n) is 4.02. The van der Waals surface area contributed by atoms with Gasteiger partial charge >= 0.3 is 0 Å². The number of nitrogens with zero attached hydrogens (tertiary/aromatic N) is 2. The summed E-state index contributed by atoms with van der Waals surface area (Å²) in [5.74, 6) is -1.49. The van der Waals surface area contributed by atoms with Crippen LogP contribution < -0.4 is 16.0 Å². The van der Waals surface area contributed by atoms with E-state index < -0.39 is 16.6 Å². The highest BCUT2D eigenvalue weighted by atomic mass is 32.1. The first-order valence-corrected chi connectivity index (χ1v) is 9.47. The molecule has 3 N–H and O–H groups in total. The van der Waals surface area contributed by atoms with Crippen molar-refractivity contribution in [3.8, 4) is 11.3 Å². The zero-order valence-electron chi connectivity index (χ0n) is 15.9. The second-order valence-corrected chi connectivity index (χ2v) is 6.96. The first-order valence-electron chi connectivity index (χ1n) is 8.59. The number of benzene rings is 2. The van der Waals surface area contributed by atoms with Crippen molar-refractivity contribution in [2.24, 2.45) is 0 Å². The van der Waals surface area contributed by atoms with E-state index in [1.165, 1.54) is 31.2 Å².